The third-order valence-corrected chi connectivity index (χ3v) is 3.55. The average Bonchev–Trinajstić information content (AvgIpc) is 2.94. The first-order valence-electron chi connectivity index (χ1n) is 6.35. The maximum absolute atomic E-state index is 12.1. The van der Waals surface area contributed by atoms with Gasteiger partial charge in [-0.15, -0.1) is 0 Å². The van der Waals surface area contributed by atoms with E-state index in [9.17, 15) is 4.79 Å². The van der Waals surface area contributed by atoms with E-state index in [4.69, 9.17) is 4.74 Å². The number of ether oxygens (including phenoxy) is 1. The van der Waals surface area contributed by atoms with Crippen LogP contribution in [-0.2, 0) is 4.74 Å². The summed E-state index contributed by atoms with van der Waals surface area (Å²) in [5.41, 5.74) is 0.690. The fraction of sp³-hybridized carbons (Fsp3) is 0.615. The van der Waals surface area contributed by atoms with Crippen LogP contribution in [0.2, 0.25) is 0 Å². The number of amides is 1. The Bertz CT molecular complexity index is 423. The number of hydrogen-bond donors (Lipinski definition) is 1. The van der Waals surface area contributed by atoms with Gasteiger partial charge in [0.15, 0.2) is 0 Å². The number of nitrogens with one attached hydrogen (secondary N) is 1. The minimum Gasteiger partial charge on any atom is -0.376 e. The number of carbonyl (C=O) groups excluding carboxylic acids is 1. The molecule has 2 rings (SSSR count). The van der Waals surface area contributed by atoms with Crippen molar-refractivity contribution in [3.8, 4) is 0 Å². The van der Waals surface area contributed by atoms with Crippen LogP contribution in [0.1, 0.15) is 43.2 Å². The summed E-state index contributed by atoms with van der Waals surface area (Å²) in [7, 11) is 0. The smallest absolute Gasteiger partial charge is 0.268 e. The molecule has 18 heavy (non-hydrogen) atoms. The van der Waals surface area contributed by atoms with E-state index in [2.05, 4.69) is 35.1 Å². The van der Waals surface area contributed by atoms with E-state index in [-0.39, 0.29) is 18.1 Å². The maximum atomic E-state index is 12.1. The molecule has 5 heteroatoms. The molecule has 1 aromatic heterocycles. The van der Waals surface area contributed by atoms with Gasteiger partial charge in [0.25, 0.3) is 5.91 Å². The van der Waals surface area contributed by atoms with E-state index in [1.165, 1.54) is 0 Å². The molecule has 1 aliphatic rings. The molecule has 1 aromatic rings. The molecule has 1 fully saturated rings. The molecule has 0 radical (unpaired) electrons. The molecule has 0 aromatic carbocycles. The number of rotatable bonds is 4. The van der Waals surface area contributed by atoms with Crippen molar-refractivity contribution in [3.63, 3.8) is 0 Å². The first kappa shape index (κ1) is 13.6. The van der Waals surface area contributed by atoms with Crippen molar-refractivity contribution in [1.29, 1.82) is 0 Å². The topological polar surface area (TPSA) is 43.3 Å². The largest absolute Gasteiger partial charge is 0.376 e. The van der Waals surface area contributed by atoms with Crippen LogP contribution < -0.4 is 5.32 Å². The van der Waals surface area contributed by atoms with Gasteiger partial charge in [-0.25, -0.2) is 0 Å². The summed E-state index contributed by atoms with van der Waals surface area (Å²) in [5.74, 6) is -0.0371. The van der Waals surface area contributed by atoms with Crippen LogP contribution in [0.3, 0.4) is 0 Å². The molecule has 0 aliphatic carbocycles. The quantitative estimate of drug-likeness (QED) is 0.928. The highest BCUT2D eigenvalue weighted by molar-refractivity contribution is 9.10. The van der Waals surface area contributed by atoms with Gasteiger partial charge in [-0.2, -0.15) is 0 Å². The molecule has 1 unspecified atom stereocenters. The number of hydrogen-bond acceptors (Lipinski definition) is 2. The number of halogens is 1. The van der Waals surface area contributed by atoms with Crippen LogP contribution in [-0.4, -0.2) is 29.7 Å². The molecule has 1 aliphatic heterocycles. The van der Waals surface area contributed by atoms with Crippen LogP contribution in [0.4, 0.5) is 0 Å². The van der Waals surface area contributed by atoms with Gasteiger partial charge in [-0.1, -0.05) is 0 Å². The van der Waals surface area contributed by atoms with E-state index < -0.39 is 0 Å². The van der Waals surface area contributed by atoms with E-state index in [1.54, 1.807) is 0 Å². The van der Waals surface area contributed by atoms with Crippen molar-refractivity contribution in [1.82, 2.24) is 9.88 Å². The third-order valence-electron chi connectivity index (χ3n) is 3.12. The molecule has 1 saturated heterocycles. The Hall–Kier alpha value is -0.810. The molecular formula is C13H19BrN2O2. The minimum absolute atomic E-state index is 0.0371. The molecule has 0 spiro atoms. The van der Waals surface area contributed by atoms with Crippen LogP contribution in [0, 0.1) is 0 Å². The third kappa shape index (κ3) is 3.14. The second kappa shape index (κ2) is 5.89. The molecule has 4 nitrogen and oxygen atoms in total. The average molecular weight is 315 g/mol. The summed E-state index contributed by atoms with van der Waals surface area (Å²) in [6.07, 6.45) is 4.25. The maximum Gasteiger partial charge on any atom is 0.268 e. The fourth-order valence-corrected chi connectivity index (χ4v) is 2.59. The Labute approximate surface area is 116 Å². The monoisotopic (exact) mass is 314 g/mol. The molecule has 0 saturated carbocycles. The van der Waals surface area contributed by atoms with Crippen molar-refractivity contribution in [2.24, 2.45) is 0 Å². The standard InChI is InChI=1S/C13H19BrN2O2/c1-9(2)16-8-10(14)6-12(16)13(17)15-7-11-4-3-5-18-11/h6,8-9,11H,3-5,7H2,1-2H3,(H,15,17). The molecular weight excluding hydrogens is 296 g/mol. The fourth-order valence-electron chi connectivity index (χ4n) is 2.16. The summed E-state index contributed by atoms with van der Waals surface area (Å²) < 4.78 is 8.39. The number of nitrogens with zero attached hydrogens (tertiary/aromatic N) is 1. The van der Waals surface area contributed by atoms with E-state index in [0.717, 1.165) is 23.9 Å². The molecule has 2 heterocycles. The Kier molecular flexibility index (Phi) is 4.45. The molecule has 1 N–H and O–H groups in total. The van der Waals surface area contributed by atoms with Gasteiger partial charge in [0.2, 0.25) is 0 Å². The lowest BCUT2D eigenvalue weighted by Crippen LogP contribution is -2.33. The van der Waals surface area contributed by atoms with Crippen LogP contribution >= 0.6 is 15.9 Å². The molecule has 100 valence electrons. The lowest BCUT2D eigenvalue weighted by Gasteiger charge is -2.14. The van der Waals surface area contributed by atoms with Crippen molar-refractivity contribution < 1.29 is 9.53 Å². The van der Waals surface area contributed by atoms with Gasteiger partial charge in [-0.3, -0.25) is 4.79 Å². The van der Waals surface area contributed by atoms with Crippen molar-refractivity contribution >= 4 is 21.8 Å². The highest BCUT2D eigenvalue weighted by Crippen LogP contribution is 2.19. The molecule has 0 bridgehead atoms. The Balaban J connectivity index is 1.99. The van der Waals surface area contributed by atoms with E-state index in [0.29, 0.717) is 12.2 Å². The van der Waals surface area contributed by atoms with E-state index in [1.807, 2.05) is 16.8 Å². The van der Waals surface area contributed by atoms with Gasteiger partial charge in [0.1, 0.15) is 5.69 Å². The normalized spacial score (nSPS) is 19.4. The Morgan fingerprint density at radius 1 is 1.67 bits per heavy atom. The predicted molar refractivity (Wildman–Crippen MR) is 73.8 cm³/mol. The van der Waals surface area contributed by atoms with Crippen LogP contribution in [0.5, 0.6) is 0 Å². The molecule has 1 amide bonds. The van der Waals surface area contributed by atoms with Gasteiger partial charge >= 0.3 is 0 Å². The van der Waals surface area contributed by atoms with Gasteiger partial charge < -0.3 is 14.6 Å². The zero-order valence-electron chi connectivity index (χ0n) is 10.8. The van der Waals surface area contributed by atoms with Gasteiger partial charge in [-0.05, 0) is 48.7 Å². The summed E-state index contributed by atoms with van der Waals surface area (Å²) >= 11 is 3.41. The van der Waals surface area contributed by atoms with Crippen LogP contribution in [0.25, 0.3) is 0 Å². The minimum atomic E-state index is -0.0371. The predicted octanol–water partition coefficient (Wildman–Crippen LogP) is 2.74. The highest BCUT2D eigenvalue weighted by Gasteiger charge is 2.19. The van der Waals surface area contributed by atoms with Crippen LogP contribution in [0.15, 0.2) is 16.7 Å². The molecule has 1 atom stereocenters. The summed E-state index contributed by atoms with van der Waals surface area (Å²) in [5, 5.41) is 2.94. The second-order valence-electron chi connectivity index (χ2n) is 4.89. The van der Waals surface area contributed by atoms with Crippen molar-refractivity contribution in [2.45, 2.75) is 38.8 Å². The van der Waals surface area contributed by atoms with E-state index >= 15 is 0 Å². The van der Waals surface area contributed by atoms with Crippen molar-refractivity contribution in [3.05, 3.63) is 22.4 Å². The highest BCUT2D eigenvalue weighted by atomic mass is 79.9. The second-order valence-corrected chi connectivity index (χ2v) is 5.81. The number of carbonyl (C=O) groups is 1. The lowest BCUT2D eigenvalue weighted by atomic mass is 10.2. The van der Waals surface area contributed by atoms with Crippen molar-refractivity contribution in [2.75, 3.05) is 13.2 Å². The zero-order valence-corrected chi connectivity index (χ0v) is 12.4. The zero-order chi connectivity index (χ0) is 13.1. The lowest BCUT2D eigenvalue weighted by molar-refractivity contribution is 0.0849. The Morgan fingerprint density at radius 2 is 2.44 bits per heavy atom. The first-order chi connectivity index (χ1) is 8.58. The summed E-state index contributed by atoms with van der Waals surface area (Å²) in [6, 6.07) is 2.12. The summed E-state index contributed by atoms with van der Waals surface area (Å²) in [6.45, 7) is 5.53. The Morgan fingerprint density at radius 3 is 3.06 bits per heavy atom. The van der Waals surface area contributed by atoms with Gasteiger partial charge in [0, 0.05) is 29.9 Å². The number of aromatic nitrogens is 1. The summed E-state index contributed by atoms with van der Waals surface area (Å²) in [4.78, 5) is 12.1. The first-order valence-corrected chi connectivity index (χ1v) is 7.14. The SMILES string of the molecule is CC(C)n1cc(Br)cc1C(=O)NCC1CCCO1. The van der Waals surface area contributed by atoms with Gasteiger partial charge in [0.05, 0.1) is 6.10 Å².